The van der Waals surface area contributed by atoms with Gasteiger partial charge in [0, 0.05) is 19.4 Å². The van der Waals surface area contributed by atoms with Gasteiger partial charge in [-0.2, -0.15) is 26.3 Å². The number of carbonyl (C=O) groups is 4. The first-order chi connectivity index (χ1) is 16.2. The van der Waals surface area contributed by atoms with E-state index in [2.05, 4.69) is 21.8 Å². The molecule has 0 aliphatic heterocycles. The third kappa shape index (κ3) is 21.9. The molecule has 0 aliphatic carbocycles. The van der Waals surface area contributed by atoms with Gasteiger partial charge in [-0.25, -0.2) is 15.1 Å². The van der Waals surface area contributed by atoms with E-state index in [1.54, 1.807) is 5.43 Å². The predicted molar refractivity (Wildman–Crippen MR) is 98.2 cm³/mol. The van der Waals surface area contributed by atoms with Crippen LogP contribution in [0.25, 0.3) is 0 Å². The van der Waals surface area contributed by atoms with Crippen molar-refractivity contribution in [2.45, 2.75) is 43.7 Å². The molecule has 2 amide bonds. The molecule has 0 aromatic carbocycles. The molecule has 0 aromatic heterocycles. The number of aliphatic carboxylic acids is 2. The van der Waals surface area contributed by atoms with E-state index < -0.39 is 53.2 Å². The number of guanidine groups is 1. The van der Waals surface area contributed by atoms with Gasteiger partial charge < -0.3 is 48.1 Å². The first-order valence-electron chi connectivity index (χ1n) is 9.16. The zero-order valence-electron chi connectivity index (χ0n) is 18.2. The number of hydrazine groups is 1. The van der Waals surface area contributed by atoms with Crippen LogP contribution >= 0.6 is 0 Å². The van der Waals surface area contributed by atoms with Crippen LogP contribution in [0.15, 0.2) is 4.99 Å². The molecule has 0 saturated carbocycles. The first kappa shape index (κ1) is 36.6. The lowest BCUT2D eigenvalue weighted by Gasteiger charge is -2.15. The lowest BCUT2D eigenvalue weighted by molar-refractivity contribution is -0.525. The highest BCUT2D eigenvalue weighted by Gasteiger charge is 2.29. The van der Waals surface area contributed by atoms with Crippen molar-refractivity contribution in [1.29, 1.82) is 0 Å². The SMILES string of the molecule is NC(=O)[C@H](CC[NH3+])NC(=O)[C@@H]([NH3+])CCCN=C(N)N[N+](=O)[O-].O=C([O-])C(F)(F)F.O=C([O-])C(F)(F)F. The van der Waals surface area contributed by atoms with Crippen molar-refractivity contribution in [3.8, 4) is 0 Å². The second-order valence-corrected chi connectivity index (χ2v) is 6.15. The molecule has 16 nitrogen and oxygen atoms in total. The summed E-state index contributed by atoms with van der Waals surface area (Å²) in [5.74, 6) is -7.33. The number of alkyl halides is 6. The topological polar surface area (TPSA) is 301 Å². The summed E-state index contributed by atoms with van der Waals surface area (Å²) in [5.41, 5.74) is 19.4. The van der Waals surface area contributed by atoms with Crippen LogP contribution in [0.4, 0.5) is 26.3 Å². The Bertz CT molecular complexity index is 753. The second kappa shape index (κ2) is 17.5. The Morgan fingerprint density at radius 3 is 1.69 bits per heavy atom. The summed E-state index contributed by atoms with van der Waals surface area (Å²) in [7, 11) is 0. The summed E-state index contributed by atoms with van der Waals surface area (Å²) >= 11 is 0. The summed E-state index contributed by atoms with van der Waals surface area (Å²) in [6.07, 6.45) is -9.18. The van der Waals surface area contributed by atoms with Gasteiger partial charge in [-0.1, -0.05) is 5.43 Å². The molecule has 36 heavy (non-hydrogen) atoms. The fourth-order valence-electron chi connectivity index (χ4n) is 1.58. The molecule has 22 heteroatoms. The zero-order valence-corrected chi connectivity index (χ0v) is 18.2. The van der Waals surface area contributed by atoms with Gasteiger partial charge in [-0.15, -0.1) is 0 Å². The molecule has 0 rings (SSSR count). The molecule has 0 bridgehead atoms. The van der Waals surface area contributed by atoms with Crippen LogP contribution in [0.3, 0.4) is 0 Å². The number of carboxylic acid groups (broad SMARTS) is 2. The minimum Gasteiger partial charge on any atom is -0.542 e. The number of rotatable bonds is 10. The summed E-state index contributed by atoms with van der Waals surface area (Å²) in [5, 5.41) is 29.3. The maximum atomic E-state index is 11.8. The average molecular weight is 546 g/mol. The van der Waals surface area contributed by atoms with Crippen LogP contribution in [0.2, 0.25) is 0 Å². The molecule has 0 unspecified atom stereocenters. The molecule has 0 radical (unpaired) electrons. The number of carboxylic acids is 2. The number of primary amides is 1. The van der Waals surface area contributed by atoms with Gasteiger partial charge in [0.05, 0.1) is 6.54 Å². The van der Waals surface area contributed by atoms with E-state index in [1.807, 2.05) is 0 Å². The van der Waals surface area contributed by atoms with E-state index in [0.717, 1.165) is 0 Å². The molecule has 2 atom stereocenters. The number of carbonyl (C=O) groups excluding carboxylic acids is 4. The van der Waals surface area contributed by atoms with Crippen molar-refractivity contribution in [2.75, 3.05) is 13.1 Å². The Labute approximate surface area is 197 Å². The van der Waals surface area contributed by atoms with Crippen molar-refractivity contribution in [3.63, 3.8) is 0 Å². The number of halogens is 6. The molecular weight excluding hydrogens is 522 g/mol. The van der Waals surface area contributed by atoms with Crippen LogP contribution in [0, 0.1) is 10.1 Å². The molecular formula is C14H24F6N8O8. The number of nitrogens with one attached hydrogen (secondary N) is 2. The number of aliphatic imine (C=N–C) groups is 1. The van der Waals surface area contributed by atoms with Crippen molar-refractivity contribution in [3.05, 3.63) is 10.1 Å². The highest BCUT2D eigenvalue weighted by Crippen LogP contribution is 2.12. The zero-order chi connectivity index (χ0) is 29.3. The third-order valence-corrected chi connectivity index (χ3v) is 3.19. The number of hydrogen-bond donors (Lipinski definition) is 6. The first-order valence-corrected chi connectivity index (χ1v) is 9.16. The molecule has 0 heterocycles. The number of amides is 2. The molecule has 210 valence electrons. The number of quaternary nitrogens is 2. The molecule has 0 aromatic rings. The lowest BCUT2D eigenvalue weighted by Crippen LogP contribution is -2.69. The van der Waals surface area contributed by atoms with Crippen LogP contribution in [-0.2, 0) is 19.2 Å². The maximum Gasteiger partial charge on any atom is 0.430 e. The van der Waals surface area contributed by atoms with E-state index in [-0.39, 0.29) is 12.5 Å². The van der Waals surface area contributed by atoms with Gasteiger partial charge in [0.15, 0.2) is 11.1 Å². The average Bonchev–Trinajstić information content (AvgIpc) is 2.69. The number of nitrogens with zero attached hydrogens (tertiary/aromatic N) is 2. The predicted octanol–water partition coefficient (Wildman–Crippen LogP) is -6.33. The highest BCUT2D eigenvalue weighted by molar-refractivity contribution is 5.88. The Morgan fingerprint density at radius 2 is 1.39 bits per heavy atom. The largest absolute Gasteiger partial charge is 0.542 e. The van der Waals surface area contributed by atoms with Crippen LogP contribution < -0.4 is 43.9 Å². The fourth-order valence-corrected chi connectivity index (χ4v) is 1.58. The van der Waals surface area contributed by atoms with Gasteiger partial charge in [0.25, 0.3) is 11.9 Å². The lowest BCUT2D eigenvalue weighted by atomic mass is 10.1. The normalized spacial score (nSPS) is 12.9. The Morgan fingerprint density at radius 1 is 0.972 bits per heavy atom. The van der Waals surface area contributed by atoms with E-state index in [1.165, 1.54) is 0 Å². The number of hydrogen-bond acceptors (Lipinski definition) is 9. The molecule has 0 aliphatic rings. The Balaban J connectivity index is -0.000000632. The Hall–Kier alpha value is -3.95. The smallest absolute Gasteiger partial charge is 0.430 e. The van der Waals surface area contributed by atoms with Gasteiger partial charge >= 0.3 is 12.4 Å². The van der Waals surface area contributed by atoms with Crippen LogP contribution in [0.5, 0.6) is 0 Å². The van der Waals surface area contributed by atoms with Crippen LogP contribution in [-0.4, -0.2) is 72.3 Å². The van der Waals surface area contributed by atoms with Crippen molar-refractivity contribution < 1.29 is 72.2 Å². The van der Waals surface area contributed by atoms with E-state index >= 15 is 0 Å². The van der Waals surface area contributed by atoms with Gasteiger partial charge in [-0.05, 0) is 6.42 Å². The van der Waals surface area contributed by atoms with E-state index in [4.69, 9.17) is 31.3 Å². The van der Waals surface area contributed by atoms with Gasteiger partial charge in [0.2, 0.25) is 5.91 Å². The molecule has 0 fully saturated rings. The van der Waals surface area contributed by atoms with E-state index in [0.29, 0.717) is 25.8 Å². The monoisotopic (exact) mass is 546 g/mol. The number of nitro groups is 1. The van der Waals surface area contributed by atoms with Gasteiger partial charge in [0.1, 0.15) is 18.0 Å². The van der Waals surface area contributed by atoms with Gasteiger partial charge in [-0.3, -0.25) is 9.59 Å². The van der Waals surface area contributed by atoms with Crippen LogP contribution in [0.1, 0.15) is 19.3 Å². The number of nitrogens with two attached hydrogens (primary N) is 2. The maximum absolute atomic E-state index is 11.8. The third-order valence-electron chi connectivity index (χ3n) is 3.19. The minimum atomic E-state index is -5.19. The fraction of sp³-hybridized carbons (Fsp3) is 0.643. The van der Waals surface area contributed by atoms with Crippen molar-refractivity contribution >= 4 is 29.7 Å². The van der Waals surface area contributed by atoms with E-state index in [9.17, 15) is 46.0 Å². The highest BCUT2D eigenvalue weighted by atomic mass is 19.4. The second-order valence-electron chi connectivity index (χ2n) is 6.15. The minimum absolute atomic E-state index is 0.212. The Kier molecular flexibility index (Phi) is 17.8. The summed E-state index contributed by atoms with van der Waals surface area (Å²) < 4.78 is 63.1. The van der Waals surface area contributed by atoms with Crippen molar-refractivity contribution in [2.24, 2.45) is 16.5 Å². The quantitative estimate of drug-likeness (QED) is 0.0376. The molecule has 0 spiro atoms. The standard InChI is InChI=1S/C10H22N8O4.2C2HF3O2/c11-4-3-7(8(13)19)16-9(20)6(12)2-1-5-15-10(14)17-18(21)22;2*3-2(4,5)1(6)7/h6-7H,1-5,11-12H2,(H2,13,19)(H,16,20)(H3,14,15,17);2*(H,6,7)/t6-,7-;;/m0../s1. The molecule has 12 N–H and O–H groups in total. The summed E-state index contributed by atoms with van der Waals surface area (Å²) in [6.45, 7) is 0.678. The van der Waals surface area contributed by atoms with Crippen molar-refractivity contribution in [1.82, 2.24) is 10.7 Å². The summed E-state index contributed by atoms with van der Waals surface area (Å²) in [4.78, 5) is 54.3. The molecule has 0 saturated heterocycles. The summed E-state index contributed by atoms with van der Waals surface area (Å²) in [6, 6.07) is -1.35.